The molecule has 144 valence electrons. The van der Waals surface area contributed by atoms with Crippen molar-refractivity contribution in [1.29, 1.82) is 0 Å². The van der Waals surface area contributed by atoms with E-state index in [9.17, 15) is 22.8 Å². The molecule has 0 aromatic heterocycles. The Labute approximate surface area is 150 Å². The van der Waals surface area contributed by atoms with Crippen LogP contribution in [0.15, 0.2) is 18.2 Å². The second-order valence-electron chi connectivity index (χ2n) is 7.45. The van der Waals surface area contributed by atoms with Gasteiger partial charge in [-0.15, -0.1) is 0 Å². The van der Waals surface area contributed by atoms with Crippen LogP contribution in [0.5, 0.6) is 0 Å². The van der Waals surface area contributed by atoms with Crippen molar-refractivity contribution in [1.82, 2.24) is 4.90 Å². The highest BCUT2D eigenvalue weighted by molar-refractivity contribution is 5.93. The second kappa shape index (κ2) is 7.17. The van der Waals surface area contributed by atoms with Gasteiger partial charge in [0, 0.05) is 18.7 Å². The molecule has 2 rings (SSSR count). The molecule has 0 atom stereocenters. The summed E-state index contributed by atoms with van der Waals surface area (Å²) in [5.41, 5.74) is 3.92. The number of alkyl halides is 3. The Balaban J connectivity index is 2.15. The molecule has 1 aromatic rings. The first-order chi connectivity index (χ1) is 11.9. The van der Waals surface area contributed by atoms with Crippen LogP contribution in [0.4, 0.5) is 18.0 Å². The number of hydrogen-bond donors (Lipinski definition) is 1. The van der Waals surface area contributed by atoms with Crippen molar-refractivity contribution in [2.75, 3.05) is 13.1 Å². The van der Waals surface area contributed by atoms with E-state index in [4.69, 9.17) is 10.5 Å². The lowest BCUT2D eigenvalue weighted by Crippen LogP contribution is -2.41. The minimum absolute atomic E-state index is 0.163. The van der Waals surface area contributed by atoms with Gasteiger partial charge in [0.2, 0.25) is 5.91 Å². The van der Waals surface area contributed by atoms with Gasteiger partial charge in [0.25, 0.3) is 0 Å². The molecular weight excluding hydrogens is 349 g/mol. The van der Waals surface area contributed by atoms with Crippen LogP contribution in [0.3, 0.4) is 0 Å². The van der Waals surface area contributed by atoms with Crippen LogP contribution >= 0.6 is 0 Å². The molecular formula is C18H23F3N2O3. The molecule has 1 aliphatic heterocycles. The number of primary amides is 1. The van der Waals surface area contributed by atoms with Crippen LogP contribution in [0.1, 0.15) is 61.0 Å². The maximum atomic E-state index is 13.1. The highest BCUT2D eigenvalue weighted by atomic mass is 19.4. The van der Waals surface area contributed by atoms with E-state index < -0.39 is 29.3 Å². The molecule has 8 heteroatoms. The molecule has 1 saturated heterocycles. The highest BCUT2D eigenvalue weighted by Gasteiger charge is 2.33. The predicted octanol–water partition coefficient (Wildman–Crippen LogP) is 3.92. The van der Waals surface area contributed by atoms with Crippen LogP contribution in [-0.2, 0) is 10.9 Å². The zero-order valence-electron chi connectivity index (χ0n) is 15.0. The summed E-state index contributed by atoms with van der Waals surface area (Å²) in [5.74, 6) is -1.09. The molecule has 2 amide bonds. The Morgan fingerprint density at radius 3 is 2.15 bits per heavy atom. The fraction of sp³-hybridized carbons (Fsp3) is 0.556. The zero-order chi connectivity index (χ0) is 19.7. The Hall–Kier alpha value is -2.25. The van der Waals surface area contributed by atoms with Crippen molar-refractivity contribution in [3.63, 3.8) is 0 Å². The van der Waals surface area contributed by atoms with Crippen LogP contribution < -0.4 is 5.73 Å². The van der Waals surface area contributed by atoms with Crippen molar-refractivity contribution < 1.29 is 27.5 Å². The number of piperidine rings is 1. The third kappa shape index (κ3) is 5.12. The van der Waals surface area contributed by atoms with E-state index in [2.05, 4.69) is 0 Å². The lowest BCUT2D eigenvalue weighted by atomic mass is 9.87. The number of nitrogens with two attached hydrogens (primary N) is 1. The summed E-state index contributed by atoms with van der Waals surface area (Å²) in [6.07, 6.45) is -4.02. The number of benzene rings is 1. The number of likely N-dealkylation sites (tertiary alicyclic amines) is 1. The molecule has 0 unspecified atom stereocenters. The SMILES string of the molecule is CC(C)(C)OC(=O)N1CCC(c2cc(C(N)=O)cc(C(F)(F)F)c2)CC1. The van der Waals surface area contributed by atoms with Crippen LogP contribution in [0.25, 0.3) is 0 Å². The van der Waals surface area contributed by atoms with Crippen molar-refractivity contribution in [3.05, 3.63) is 34.9 Å². The topological polar surface area (TPSA) is 72.6 Å². The molecule has 1 aliphatic rings. The molecule has 1 aromatic carbocycles. The Morgan fingerprint density at radius 2 is 1.69 bits per heavy atom. The van der Waals surface area contributed by atoms with Crippen LogP contribution in [0.2, 0.25) is 0 Å². The van der Waals surface area contributed by atoms with E-state index in [1.54, 1.807) is 25.7 Å². The van der Waals surface area contributed by atoms with E-state index in [0.717, 1.165) is 12.1 Å². The summed E-state index contributed by atoms with van der Waals surface area (Å²) < 4.78 is 44.6. The summed E-state index contributed by atoms with van der Waals surface area (Å²) in [6.45, 7) is 6.06. The molecule has 0 saturated carbocycles. The number of ether oxygens (including phenoxy) is 1. The van der Waals surface area contributed by atoms with Gasteiger partial charge >= 0.3 is 12.3 Å². The number of hydrogen-bond acceptors (Lipinski definition) is 3. The van der Waals surface area contributed by atoms with Gasteiger partial charge in [-0.2, -0.15) is 13.2 Å². The van der Waals surface area contributed by atoms with Gasteiger partial charge in [-0.25, -0.2) is 4.79 Å². The number of rotatable bonds is 2. The van der Waals surface area contributed by atoms with Crippen LogP contribution in [-0.4, -0.2) is 35.6 Å². The summed E-state index contributed by atoms with van der Waals surface area (Å²) in [7, 11) is 0. The Kier molecular flexibility index (Phi) is 5.53. The molecule has 0 spiro atoms. The lowest BCUT2D eigenvalue weighted by Gasteiger charge is -2.33. The van der Waals surface area contributed by atoms with Gasteiger partial charge in [-0.05, 0) is 63.3 Å². The fourth-order valence-corrected chi connectivity index (χ4v) is 2.92. The summed E-state index contributed by atoms with van der Waals surface area (Å²) in [4.78, 5) is 25.0. The summed E-state index contributed by atoms with van der Waals surface area (Å²) >= 11 is 0. The van der Waals surface area contributed by atoms with Gasteiger partial charge in [0.05, 0.1) is 5.56 Å². The van der Waals surface area contributed by atoms with Gasteiger partial charge in [0.1, 0.15) is 5.60 Å². The number of nitrogens with zero attached hydrogens (tertiary/aromatic N) is 1. The molecule has 5 nitrogen and oxygen atoms in total. The van der Waals surface area contributed by atoms with Gasteiger partial charge in [0.15, 0.2) is 0 Å². The third-order valence-corrected chi connectivity index (χ3v) is 4.19. The molecule has 0 bridgehead atoms. The summed E-state index contributed by atoms with van der Waals surface area (Å²) in [6, 6.07) is 3.23. The largest absolute Gasteiger partial charge is 0.444 e. The Bertz CT molecular complexity index is 688. The highest BCUT2D eigenvalue weighted by Crippen LogP contribution is 2.35. The van der Waals surface area contributed by atoms with Gasteiger partial charge < -0.3 is 15.4 Å². The Morgan fingerprint density at radius 1 is 1.12 bits per heavy atom. The van der Waals surface area contributed by atoms with Crippen molar-refractivity contribution in [2.24, 2.45) is 5.73 Å². The molecule has 1 heterocycles. The van der Waals surface area contributed by atoms with Crippen molar-refractivity contribution in [2.45, 2.75) is 51.3 Å². The van der Waals surface area contributed by atoms with E-state index in [0.29, 0.717) is 31.5 Å². The predicted molar refractivity (Wildman–Crippen MR) is 89.7 cm³/mol. The van der Waals surface area contributed by atoms with Crippen molar-refractivity contribution >= 4 is 12.0 Å². The van der Waals surface area contributed by atoms with E-state index in [-0.39, 0.29) is 11.5 Å². The first-order valence-electron chi connectivity index (χ1n) is 8.37. The number of amides is 2. The number of carbonyl (C=O) groups excluding carboxylic acids is 2. The minimum atomic E-state index is -4.56. The van der Waals surface area contributed by atoms with E-state index in [1.807, 2.05) is 0 Å². The summed E-state index contributed by atoms with van der Waals surface area (Å²) in [5, 5.41) is 0. The van der Waals surface area contributed by atoms with E-state index >= 15 is 0 Å². The minimum Gasteiger partial charge on any atom is -0.444 e. The first-order valence-corrected chi connectivity index (χ1v) is 8.37. The maximum absolute atomic E-state index is 13.1. The zero-order valence-corrected chi connectivity index (χ0v) is 15.0. The second-order valence-corrected chi connectivity index (χ2v) is 7.45. The average Bonchev–Trinajstić information content (AvgIpc) is 2.52. The average molecular weight is 372 g/mol. The first kappa shape index (κ1) is 20.1. The van der Waals surface area contributed by atoms with Gasteiger partial charge in [-0.1, -0.05) is 0 Å². The van der Waals surface area contributed by atoms with Gasteiger partial charge in [-0.3, -0.25) is 4.79 Å². The maximum Gasteiger partial charge on any atom is 0.416 e. The molecule has 2 N–H and O–H groups in total. The lowest BCUT2D eigenvalue weighted by molar-refractivity contribution is -0.137. The molecule has 0 aliphatic carbocycles. The molecule has 26 heavy (non-hydrogen) atoms. The third-order valence-electron chi connectivity index (χ3n) is 4.19. The number of halogens is 3. The quantitative estimate of drug-likeness (QED) is 0.855. The molecule has 0 radical (unpaired) electrons. The van der Waals surface area contributed by atoms with E-state index in [1.165, 1.54) is 6.07 Å². The molecule has 1 fully saturated rings. The van der Waals surface area contributed by atoms with Crippen LogP contribution in [0, 0.1) is 0 Å². The monoisotopic (exact) mass is 372 g/mol. The fourth-order valence-electron chi connectivity index (χ4n) is 2.92. The van der Waals surface area contributed by atoms with Crippen molar-refractivity contribution in [3.8, 4) is 0 Å². The standard InChI is InChI=1S/C18H23F3N2O3/c1-17(2,3)26-16(25)23-6-4-11(5-7-23)12-8-13(15(22)24)10-14(9-12)18(19,20)21/h8-11H,4-7H2,1-3H3,(H2,22,24). The smallest absolute Gasteiger partial charge is 0.416 e. The number of carbonyl (C=O) groups is 2. The normalized spacial score (nSPS) is 16.5.